The van der Waals surface area contributed by atoms with Gasteiger partial charge in [-0.15, -0.1) is 0 Å². The van der Waals surface area contributed by atoms with Gasteiger partial charge in [0.05, 0.1) is 0 Å². The van der Waals surface area contributed by atoms with Gasteiger partial charge < -0.3 is 5.32 Å². The van der Waals surface area contributed by atoms with Crippen LogP contribution < -0.4 is 10.0 Å². The maximum atomic E-state index is 13.4. The Kier molecular flexibility index (Phi) is 5.84. The summed E-state index contributed by atoms with van der Waals surface area (Å²) in [7, 11) is -4.15. The van der Waals surface area contributed by atoms with Gasteiger partial charge in [0.1, 0.15) is 11.6 Å². The SMILES string of the molecule is CC(C)NCCCNS(=O)(=O)c1c(F)cccc1F. The number of halogens is 2. The van der Waals surface area contributed by atoms with Crippen LogP contribution in [0.1, 0.15) is 20.3 Å². The maximum Gasteiger partial charge on any atom is 0.246 e. The summed E-state index contributed by atoms with van der Waals surface area (Å²) in [6.07, 6.45) is 0.535. The molecule has 0 radical (unpaired) electrons. The molecule has 0 spiro atoms. The zero-order valence-electron chi connectivity index (χ0n) is 10.9. The van der Waals surface area contributed by atoms with Gasteiger partial charge in [0.15, 0.2) is 4.90 Å². The standard InChI is InChI=1S/C12H18F2N2O2S/c1-9(2)15-7-4-8-16-19(17,18)12-10(13)5-3-6-11(12)14/h3,5-6,9,15-16H,4,7-8H2,1-2H3. The minimum absolute atomic E-state index is 0.121. The average Bonchev–Trinajstić information content (AvgIpc) is 2.27. The molecule has 0 aliphatic heterocycles. The highest BCUT2D eigenvalue weighted by Crippen LogP contribution is 2.17. The molecule has 2 N–H and O–H groups in total. The third-order valence-corrected chi connectivity index (χ3v) is 3.90. The van der Waals surface area contributed by atoms with Gasteiger partial charge in [-0.25, -0.2) is 21.9 Å². The minimum Gasteiger partial charge on any atom is -0.314 e. The van der Waals surface area contributed by atoms with Crippen molar-refractivity contribution in [2.24, 2.45) is 0 Å². The highest BCUT2D eigenvalue weighted by molar-refractivity contribution is 7.89. The lowest BCUT2D eigenvalue weighted by molar-refractivity contribution is 0.511. The molecular weight excluding hydrogens is 274 g/mol. The average molecular weight is 292 g/mol. The van der Waals surface area contributed by atoms with Crippen molar-refractivity contribution < 1.29 is 17.2 Å². The Morgan fingerprint density at radius 1 is 1.16 bits per heavy atom. The Hall–Kier alpha value is -1.05. The van der Waals surface area contributed by atoms with E-state index >= 15 is 0 Å². The van der Waals surface area contributed by atoms with Crippen LogP contribution in [0.15, 0.2) is 23.1 Å². The first kappa shape index (κ1) is 16.0. The third kappa shape index (κ3) is 4.85. The molecule has 108 valence electrons. The Balaban J connectivity index is 2.62. The van der Waals surface area contributed by atoms with Crippen molar-refractivity contribution in [1.82, 2.24) is 10.0 Å². The van der Waals surface area contributed by atoms with E-state index in [1.807, 2.05) is 13.8 Å². The molecule has 0 amide bonds. The summed E-state index contributed by atoms with van der Waals surface area (Å²) in [5, 5.41) is 3.11. The van der Waals surface area contributed by atoms with Crippen LogP contribution in [0.3, 0.4) is 0 Å². The van der Waals surface area contributed by atoms with E-state index in [0.29, 0.717) is 19.0 Å². The second-order valence-corrected chi connectivity index (χ2v) is 6.11. The van der Waals surface area contributed by atoms with Crippen LogP contribution in [0.2, 0.25) is 0 Å². The number of nitrogens with one attached hydrogen (secondary N) is 2. The van der Waals surface area contributed by atoms with Gasteiger partial charge in [-0.3, -0.25) is 0 Å². The van der Waals surface area contributed by atoms with Gasteiger partial charge in [0.25, 0.3) is 0 Å². The van der Waals surface area contributed by atoms with Crippen LogP contribution in [0.25, 0.3) is 0 Å². The van der Waals surface area contributed by atoms with E-state index in [4.69, 9.17) is 0 Å². The first-order valence-electron chi connectivity index (χ1n) is 6.01. The molecule has 0 saturated carbocycles. The van der Waals surface area contributed by atoms with Crippen molar-refractivity contribution in [2.75, 3.05) is 13.1 Å². The lowest BCUT2D eigenvalue weighted by atomic mass is 10.3. The van der Waals surface area contributed by atoms with E-state index in [9.17, 15) is 17.2 Å². The Bertz CT molecular complexity index is 498. The lowest BCUT2D eigenvalue weighted by Crippen LogP contribution is -2.30. The van der Waals surface area contributed by atoms with Crippen molar-refractivity contribution in [1.29, 1.82) is 0 Å². The largest absolute Gasteiger partial charge is 0.314 e. The van der Waals surface area contributed by atoms with E-state index < -0.39 is 26.6 Å². The third-order valence-electron chi connectivity index (χ3n) is 2.39. The molecule has 0 unspecified atom stereocenters. The highest BCUT2D eigenvalue weighted by Gasteiger charge is 2.22. The molecule has 0 aromatic heterocycles. The quantitative estimate of drug-likeness (QED) is 0.751. The zero-order valence-corrected chi connectivity index (χ0v) is 11.7. The van der Waals surface area contributed by atoms with E-state index in [0.717, 1.165) is 18.2 Å². The van der Waals surface area contributed by atoms with Gasteiger partial charge in [-0.2, -0.15) is 0 Å². The molecule has 19 heavy (non-hydrogen) atoms. The predicted molar refractivity (Wildman–Crippen MR) is 69.3 cm³/mol. The van der Waals surface area contributed by atoms with E-state index in [-0.39, 0.29) is 6.54 Å². The van der Waals surface area contributed by atoms with Crippen molar-refractivity contribution in [3.05, 3.63) is 29.8 Å². The van der Waals surface area contributed by atoms with Gasteiger partial charge in [-0.05, 0) is 25.1 Å². The fraction of sp³-hybridized carbons (Fsp3) is 0.500. The monoisotopic (exact) mass is 292 g/mol. The Labute approximate surface area is 112 Å². The van der Waals surface area contributed by atoms with Crippen LogP contribution in [0, 0.1) is 11.6 Å². The van der Waals surface area contributed by atoms with Gasteiger partial charge in [-0.1, -0.05) is 19.9 Å². The fourth-order valence-electron chi connectivity index (χ4n) is 1.50. The van der Waals surface area contributed by atoms with E-state index in [1.165, 1.54) is 0 Å². The molecule has 7 heteroatoms. The van der Waals surface area contributed by atoms with Gasteiger partial charge in [0, 0.05) is 12.6 Å². The maximum absolute atomic E-state index is 13.4. The topological polar surface area (TPSA) is 58.2 Å². The molecule has 0 bridgehead atoms. The van der Waals surface area contributed by atoms with Gasteiger partial charge in [0.2, 0.25) is 10.0 Å². The van der Waals surface area contributed by atoms with E-state index in [2.05, 4.69) is 10.0 Å². The molecule has 1 rings (SSSR count). The molecule has 0 heterocycles. The molecule has 0 saturated heterocycles. The number of hydrogen-bond acceptors (Lipinski definition) is 3. The lowest BCUT2D eigenvalue weighted by Gasteiger charge is -2.10. The molecule has 0 aliphatic rings. The second-order valence-electron chi connectivity index (χ2n) is 4.41. The normalized spacial score (nSPS) is 12.1. The van der Waals surface area contributed by atoms with Crippen LogP contribution >= 0.6 is 0 Å². The fourth-order valence-corrected chi connectivity index (χ4v) is 2.70. The number of benzene rings is 1. The molecule has 1 aromatic carbocycles. The van der Waals surface area contributed by atoms with Gasteiger partial charge >= 0.3 is 0 Å². The summed E-state index contributed by atoms with van der Waals surface area (Å²) in [4.78, 5) is -0.924. The minimum atomic E-state index is -4.15. The molecule has 1 aromatic rings. The molecule has 0 atom stereocenters. The Morgan fingerprint density at radius 2 is 1.74 bits per heavy atom. The first-order chi connectivity index (χ1) is 8.84. The Morgan fingerprint density at radius 3 is 2.26 bits per heavy atom. The molecule has 0 fully saturated rings. The molecule has 4 nitrogen and oxygen atoms in total. The highest BCUT2D eigenvalue weighted by atomic mass is 32.2. The first-order valence-corrected chi connectivity index (χ1v) is 7.50. The summed E-state index contributed by atoms with van der Waals surface area (Å²) >= 11 is 0. The van der Waals surface area contributed by atoms with Crippen molar-refractivity contribution in [3.8, 4) is 0 Å². The van der Waals surface area contributed by atoms with Crippen LogP contribution in [0.4, 0.5) is 8.78 Å². The summed E-state index contributed by atoms with van der Waals surface area (Å²) in [5.41, 5.74) is 0. The summed E-state index contributed by atoms with van der Waals surface area (Å²) in [6.45, 7) is 4.69. The van der Waals surface area contributed by atoms with Crippen LogP contribution in [-0.2, 0) is 10.0 Å². The van der Waals surface area contributed by atoms with E-state index in [1.54, 1.807) is 0 Å². The van der Waals surface area contributed by atoms with Crippen molar-refractivity contribution in [2.45, 2.75) is 31.2 Å². The second kappa shape index (κ2) is 6.93. The summed E-state index contributed by atoms with van der Waals surface area (Å²) in [6, 6.07) is 3.26. The van der Waals surface area contributed by atoms with Crippen LogP contribution in [0.5, 0.6) is 0 Å². The van der Waals surface area contributed by atoms with Crippen molar-refractivity contribution in [3.63, 3.8) is 0 Å². The van der Waals surface area contributed by atoms with Crippen LogP contribution in [-0.4, -0.2) is 27.5 Å². The number of sulfonamides is 1. The summed E-state index contributed by atoms with van der Waals surface area (Å²) < 4.78 is 52.4. The molecule has 0 aliphatic carbocycles. The summed E-state index contributed by atoms with van der Waals surface area (Å²) in [5.74, 6) is -2.18. The van der Waals surface area contributed by atoms with Crippen molar-refractivity contribution >= 4 is 10.0 Å². The number of hydrogen-bond donors (Lipinski definition) is 2. The number of rotatable bonds is 7. The predicted octanol–water partition coefficient (Wildman–Crippen LogP) is 1.63. The smallest absolute Gasteiger partial charge is 0.246 e. The molecular formula is C12H18F2N2O2S. The zero-order chi connectivity index (χ0) is 14.5.